The molecule has 0 aromatic heterocycles. The Balaban J connectivity index is 2.75. The molecule has 0 bridgehead atoms. The largest absolute Gasteiger partial charge is 0.296 e. The third-order valence-corrected chi connectivity index (χ3v) is 1.88. The zero-order valence-electron chi connectivity index (χ0n) is 9.99. The predicted molar refractivity (Wildman–Crippen MR) is 60.7 cm³/mol. The van der Waals surface area contributed by atoms with Crippen molar-refractivity contribution in [3.05, 3.63) is 39.7 Å². The summed E-state index contributed by atoms with van der Waals surface area (Å²) in [7, 11) is 0. The molecule has 0 aliphatic heterocycles. The number of rotatable bonds is 4. The van der Waals surface area contributed by atoms with Gasteiger partial charge in [0.15, 0.2) is 0 Å². The van der Waals surface area contributed by atoms with Gasteiger partial charge in [-0.15, -0.1) is 0 Å². The lowest BCUT2D eigenvalue weighted by atomic mass is 10.2. The van der Waals surface area contributed by atoms with Crippen molar-refractivity contribution in [1.29, 1.82) is 0 Å². The van der Waals surface area contributed by atoms with Crippen LogP contribution >= 0.6 is 0 Å². The molecular weight excluding hydrogens is 227 g/mol. The van der Waals surface area contributed by atoms with Crippen molar-refractivity contribution in [2.24, 2.45) is 0 Å². The summed E-state index contributed by atoms with van der Waals surface area (Å²) in [6.07, 6.45) is 0. The lowest BCUT2D eigenvalue weighted by Crippen LogP contribution is -2.28. The van der Waals surface area contributed by atoms with E-state index < -0.39 is 16.3 Å². The van der Waals surface area contributed by atoms with Gasteiger partial charge in [0.05, 0.1) is 17.1 Å². The summed E-state index contributed by atoms with van der Waals surface area (Å²) in [6.45, 7) is 5.57. The molecule has 0 amide bonds. The Morgan fingerprint density at radius 3 is 2.65 bits per heavy atom. The summed E-state index contributed by atoms with van der Waals surface area (Å²) in [5, 5.41) is 10.7. The number of hydrogen-bond donors (Lipinski definition) is 1. The monoisotopic (exact) mass is 242 g/mol. The fraction of sp³-hybridized carbons (Fsp3) is 0.455. The van der Waals surface area contributed by atoms with Crippen molar-refractivity contribution < 1.29 is 14.2 Å². The summed E-state index contributed by atoms with van der Waals surface area (Å²) in [4.78, 5) is 15.4. The average molecular weight is 242 g/mol. The Bertz CT molecular complexity index is 416. The summed E-state index contributed by atoms with van der Waals surface area (Å²) in [5.41, 5.74) is 2.30. The van der Waals surface area contributed by atoms with Crippen LogP contribution in [0.3, 0.4) is 0 Å². The number of hydroxylamine groups is 1. The maximum Gasteiger partial charge on any atom is 0.274 e. The molecule has 0 radical (unpaired) electrons. The van der Waals surface area contributed by atoms with Gasteiger partial charge < -0.3 is 0 Å². The second-order valence-corrected chi connectivity index (χ2v) is 4.57. The highest BCUT2D eigenvalue weighted by molar-refractivity contribution is 5.40. The van der Waals surface area contributed by atoms with Gasteiger partial charge >= 0.3 is 0 Å². The molecule has 17 heavy (non-hydrogen) atoms. The molecule has 1 aromatic carbocycles. The lowest BCUT2D eigenvalue weighted by molar-refractivity contribution is -0.385. The van der Waals surface area contributed by atoms with Gasteiger partial charge in [0.25, 0.3) is 5.69 Å². The minimum atomic E-state index is -0.548. The lowest BCUT2D eigenvalue weighted by Gasteiger charge is -2.19. The molecule has 0 saturated carbocycles. The van der Waals surface area contributed by atoms with E-state index in [0.29, 0.717) is 0 Å². The maximum absolute atomic E-state index is 13.0. The van der Waals surface area contributed by atoms with Gasteiger partial charge in [-0.2, -0.15) is 5.48 Å². The molecule has 1 N–H and O–H groups in total. The number of nitrogens with one attached hydrogen (secondary N) is 1. The minimum Gasteiger partial charge on any atom is -0.296 e. The molecule has 0 saturated heterocycles. The zero-order valence-corrected chi connectivity index (χ0v) is 9.99. The molecule has 94 valence electrons. The van der Waals surface area contributed by atoms with Crippen LogP contribution in [0.1, 0.15) is 26.3 Å². The Hall–Kier alpha value is -1.53. The molecule has 0 aliphatic rings. The van der Waals surface area contributed by atoms with Crippen LogP contribution in [-0.4, -0.2) is 10.5 Å². The average Bonchev–Trinajstić information content (AvgIpc) is 2.15. The van der Waals surface area contributed by atoms with E-state index >= 15 is 0 Å². The second kappa shape index (κ2) is 5.20. The molecule has 5 nitrogen and oxygen atoms in total. The molecule has 0 unspecified atom stereocenters. The first-order valence-electron chi connectivity index (χ1n) is 5.13. The van der Waals surface area contributed by atoms with Gasteiger partial charge in [-0.25, -0.2) is 4.39 Å². The summed E-state index contributed by atoms with van der Waals surface area (Å²) >= 11 is 0. The first kappa shape index (κ1) is 13.5. The Kier molecular flexibility index (Phi) is 4.14. The molecular formula is C11H15FN2O3. The van der Waals surface area contributed by atoms with Crippen molar-refractivity contribution in [1.82, 2.24) is 5.48 Å². The van der Waals surface area contributed by atoms with Crippen LogP contribution in [0.25, 0.3) is 0 Å². The number of nitrogens with zero attached hydrogens (tertiary/aromatic N) is 1. The SMILES string of the molecule is CC(C)(C)ONCc1cc(F)ccc1[N+](=O)[O-]. The Morgan fingerprint density at radius 2 is 2.12 bits per heavy atom. The fourth-order valence-electron chi connectivity index (χ4n) is 1.20. The molecule has 0 spiro atoms. The van der Waals surface area contributed by atoms with E-state index in [-0.39, 0.29) is 17.8 Å². The van der Waals surface area contributed by atoms with Crippen molar-refractivity contribution in [2.45, 2.75) is 32.9 Å². The van der Waals surface area contributed by atoms with Crippen molar-refractivity contribution in [3.8, 4) is 0 Å². The highest BCUT2D eigenvalue weighted by Crippen LogP contribution is 2.19. The van der Waals surface area contributed by atoms with Gasteiger partial charge in [-0.3, -0.25) is 15.0 Å². The van der Waals surface area contributed by atoms with Crippen molar-refractivity contribution >= 4 is 5.69 Å². The molecule has 0 aliphatic carbocycles. The third kappa shape index (κ3) is 4.46. The van der Waals surface area contributed by atoms with E-state index in [0.717, 1.165) is 18.2 Å². The van der Waals surface area contributed by atoms with E-state index in [1.807, 2.05) is 20.8 Å². The van der Waals surface area contributed by atoms with Gasteiger partial charge in [0.2, 0.25) is 0 Å². The van der Waals surface area contributed by atoms with Crippen LogP contribution in [0, 0.1) is 15.9 Å². The Morgan fingerprint density at radius 1 is 1.47 bits per heavy atom. The molecule has 6 heteroatoms. The van der Waals surface area contributed by atoms with Crippen LogP contribution in [-0.2, 0) is 11.4 Å². The number of nitro groups is 1. The van der Waals surface area contributed by atoms with E-state index in [1.165, 1.54) is 0 Å². The standard InChI is InChI=1S/C11H15FN2O3/c1-11(2,3)17-13-7-8-6-9(12)4-5-10(8)14(15)16/h4-6,13H,7H2,1-3H3. The number of hydrogen-bond acceptors (Lipinski definition) is 4. The van der Waals surface area contributed by atoms with Crippen molar-refractivity contribution in [2.75, 3.05) is 0 Å². The Labute approximate surface area is 98.7 Å². The molecule has 0 fully saturated rings. The quantitative estimate of drug-likeness (QED) is 0.651. The summed E-state index contributed by atoms with van der Waals surface area (Å²) in [6, 6.07) is 3.33. The van der Waals surface area contributed by atoms with E-state index in [1.54, 1.807) is 0 Å². The third-order valence-electron chi connectivity index (χ3n) is 1.88. The fourth-order valence-corrected chi connectivity index (χ4v) is 1.20. The number of benzene rings is 1. The van der Waals surface area contributed by atoms with Crippen LogP contribution < -0.4 is 5.48 Å². The smallest absolute Gasteiger partial charge is 0.274 e. The van der Waals surface area contributed by atoms with E-state index in [4.69, 9.17) is 4.84 Å². The first-order valence-corrected chi connectivity index (χ1v) is 5.13. The maximum atomic E-state index is 13.0. The highest BCUT2D eigenvalue weighted by Gasteiger charge is 2.16. The van der Waals surface area contributed by atoms with Gasteiger partial charge in [-0.1, -0.05) is 0 Å². The number of nitro benzene ring substituents is 1. The molecule has 1 rings (SSSR count). The van der Waals surface area contributed by atoms with Crippen LogP contribution in [0.15, 0.2) is 18.2 Å². The molecule has 0 atom stereocenters. The molecule has 1 aromatic rings. The first-order chi connectivity index (χ1) is 7.79. The second-order valence-electron chi connectivity index (χ2n) is 4.57. The zero-order chi connectivity index (χ0) is 13.1. The van der Waals surface area contributed by atoms with Crippen LogP contribution in [0.4, 0.5) is 10.1 Å². The van der Waals surface area contributed by atoms with Gasteiger partial charge in [-0.05, 0) is 32.9 Å². The van der Waals surface area contributed by atoms with E-state index in [2.05, 4.69) is 5.48 Å². The summed E-state index contributed by atoms with van der Waals surface area (Å²) < 4.78 is 13.0. The normalized spacial score (nSPS) is 11.5. The highest BCUT2D eigenvalue weighted by atomic mass is 19.1. The topological polar surface area (TPSA) is 64.4 Å². The number of halogens is 1. The molecule has 0 heterocycles. The van der Waals surface area contributed by atoms with Gasteiger partial charge in [0.1, 0.15) is 5.82 Å². The predicted octanol–water partition coefficient (Wildman–Crippen LogP) is 2.55. The van der Waals surface area contributed by atoms with Crippen molar-refractivity contribution in [3.63, 3.8) is 0 Å². The van der Waals surface area contributed by atoms with Crippen LogP contribution in [0.5, 0.6) is 0 Å². The van der Waals surface area contributed by atoms with Crippen LogP contribution in [0.2, 0.25) is 0 Å². The van der Waals surface area contributed by atoms with Gasteiger partial charge in [0, 0.05) is 11.6 Å². The summed E-state index contributed by atoms with van der Waals surface area (Å²) in [5.74, 6) is -0.511. The minimum absolute atomic E-state index is 0.0747. The van der Waals surface area contributed by atoms with E-state index in [9.17, 15) is 14.5 Å².